The second kappa shape index (κ2) is 8.86. The van der Waals surface area contributed by atoms with Crippen LogP contribution in [0.3, 0.4) is 0 Å². The van der Waals surface area contributed by atoms with Crippen LogP contribution in [0.2, 0.25) is 0 Å². The van der Waals surface area contributed by atoms with E-state index in [0.29, 0.717) is 0 Å². The molecule has 0 saturated heterocycles. The summed E-state index contributed by atoms with van der Waals surface area (Å²) in [4.78, 5) is 6.00. The van der Waals surface area contributed by atoms with Gasteiger partial charge in [0.05, 0.1) is 0 Å². The van der Waals surface area contributed by atoms with E-state index in [4.69, 9.17) is 5.14 Å². The number of sulfonamides is 1. The number of alkyl halides is 6. The van der Waals surface area contributed by atoms with Crippen LogP contribution in [0.1, 0.15) is 25.3 Å². The lowest BCUT2D eigenvalue weighted by molar-refractivity contribution is -0.155. The number of halogens is 6. The van der Waals surface area contributed by atoms with Crippen LogP contribution in [0.4, 0.5) is 26.3 Å². The molecule has 1 heterocycles. The van der Waals surface area contributed by atoms with Crippen LogP contribution in [-0.4, -0.2) is 44.0 Å². The maximum atomic E-state index is 12.6. The highest BCUT2D eigenvalue weighted by atomic mass is 32.2. The Morgan fingerprint density at radius 3 is 1.84 bits per heavy atom. The average molecular weight is 473 g/mol. The van der Waals surface area contributed by atoms with Gasteiger partial charge in [-0.3, -0.25) is 0 Å². The fourth-order valence-corrected chi connectivity index (χ4v) is 3.01. The lowest BCUT2D eigenvalue weighted by Crippen LogP contribution is -2.25. The number of hydrogen-bond donors (Lipinski definition) is 1. The zero-order valence-electron chi connectivity index (χ0n) is 16.1. The quantitative estimate of drug-likeness (QED) is 0.614. The molecule has 172 valence electrons. The van der Waals surface area contributed by atoms with Gasteiger partial charge in [0.15, 0.2) is 19.0 Å². The minimum absolute atomic E-state index is 0.0190. The molecule has 2 rings (SSSR count). The Hall–Kier alpha value is -2.61. The van der Waals surface area contributed by atoms with Crippen molar-refractivity contribution >= 4 is 10.0 Å². The Labute approximate surface area is 173 Å². The Balaban J connectivity index is 2.70. The molecule has 0 aliphatic heterocycles. The number of nitrogens with zero attached hydrogens (tertiary/aromatic N) is 2. The van der Waals surface area contributed by atoms with Crippen LogP contribution >= 0.6 is 0 Å². The summed E-state index contributed by atoms with van der Waals surface area (Å²) in [5, 5.41) is 4.96. The van der Waals surface area contributed by atoms with E-state index in [-0.39, 0.29) is 11.5 Å². The van der Waals surface area contributed by atoms with Gasteiger partial charge in [-0.1, -0.05) is 32.0 Å². The molecule has 0 atom stereocenters. The maximum absolute atomic E-state index is 12.6. The minimum atomic E-state index is -4.93. The summed E-state index contributed by atoms with van der Waals surface area (Å²) in [6, 6.07) is 6.26. The van der Waals surface area contributed by atoms with E-state index in [0.717, 1.165) is 5.56 Å². The van der Waals surface area contributed by atoms with Crippen molar-refractivity contribution in [3.63, 3.8) is 0 Å². The Morgan fingerprint density at radius 1 is 0.968 bits per heavy atom. The average Bonchev–Trinajstić information content (AvgIpc) is 2.62. The van der Waals surface area contributed by atoms with Gasteiger partial charge < -0.3 is 9.47 Å². The number of hydrogen-bond acceptors (Lipinski definition) is 6. The van der Waals surface area contributed by atoms with Crippen molar-refractivity contribution in [2.45, 2.75) is 37.0 Å². The number of rotatable bonds is 7. The predicted octanol–water partition coefficient (Wildman–Crippen LogP) is 3.80. The molecular formula is C17H17F6N3O4S. The molecule has 0 bridgehead atoms. The first-order valence-corrected chi connectivity index (χ1v) is 10.1. The van der Waals surface area contributed by atoms with Crippen molar-refractivity contribution in [1.82, 2.24) is 9.97 Å². The van der Waals surface area contributed by atoms with E-state index in [1.54, 1.807) is 12.1 Å². The van der Waals surface area contributed by atoms with Crippen molar-refractivity contribution in [1.29, 1.82) is 0 Å². The van der Waals surface area contributed by atoms with Crippen molar-refractivity contribution in [3.8, 4) is 23.1 Å². The molecule has 0 saturated carbocycles. The maximum Gasteiger partial charge on any atom is 0.422 e. The van der Waals surface area contributed by atoms with Gasteiger partial charge in [0.1, 0.15) is 0 Å². The molecule has 1 aromatic carbocycles. The molecule has 14 heteroatoms. The lowest BCUT2D eigenvalue weighted by Gasteiger charge is -2.17. The largest absolute Gasteiger partial charge is 0.467 e. The first-order valence-electron chi connectivity index (χ1n) is 8.51. The van der Waals surface area contributed by atoms with Gasteiger partial charge in [-0.05, 0) is 17.5 Å². The summed E-state index contributed by atoms with van der Waals surface area (Å²) in [7, 11) is -4.93. The lowest BCUT2D eigenvalue weighted by atomic mass is 10.0. The topological polar surface area (TPSA) is 104 Å². The molecule has 0 fully saturated rings. The van der Waals surface area contributed by atoms with E-state index in [2.05, 4.69) is 19.4 Å². The third-order valence-corrected chi connectivity index (χ3v) is 4.56. The minimum Gasteiger partial charge on any atom is -0.467 e. The number of aromatic nitrogens is 2. The summed E-state index contributed by atoms with van der Waals surface area (Å²) >= 11 is 0. The van der Waals surface area contributed by atoms with Crippen molar-refractivity contribution in [2.75, 3.05) is 13.2 Å². The van der Waals surface area contributed by atoms with Gasteiger partial charge in [0.2, 0.25) is 26.7 Å². The van der Waals surface area contributed by atoms with Gasteiger partial charge in [-0.15, -0.1) is 0 Å². The fourth-order valence-electron chi connectivity index (χ4n) is 2.32. The smallest absolute Gasteiger partial charge is 0.422 e. The van der Waals surface area contributed by atoms with E-state index >= 15 is 0 Å². The van der Waals surface area contributed by atoms with Crippen molar-refractivity contribution < 1.29 is 44.2 Å². The molecule has 2 N–H and O–H groups in total. The summed E-state index contributed by atoms with van der Waals surface area (Å²) in [5.41, 5.74) is 0.938. The summed E-state index contributed by atoms with van der Waals surface area (Å²) in [6.07, 6.45) is -9.80. The van der Waals surface area contributed by atoms with E-state index in [9.17, 15) is 34.8 Å². The molecule has 0 radical (unpaired) electrons. The number of primary sulfonamides is 1. The third-order valence-electron chi connectivity index (χ3n) is 3.64. The third kappa shape index (κ3) is 7.24. The molecule has 0 aliphatic rings. The Bertz CT molecular complexity index is 1000. The first kappa shape index (κ1) is 24.7. The standard InChI is InChI=1S/C17H17F6N3O4S/c1-9(2)10-4-3-5-11(6-10)13-25-14(29-7-16(18,19)20)12(31(24,27)28)15(26-13)30-8-17(21,22)23/h3-6,9H,7-8H2,1-2H3,(H2,24,27,28). The van der Waals surface area contributed by atoms with E-state index in [1.807, 2.05) is 13.8 Å². The van der Waals surface area contributed by atoms with E-state index < -0.39 is 58.1 Å². The normalized spacial score (nSPS) is 12.8. The summed E-state index contributed by atoms with van der Waals surface area (Å²) < 4.78 is 108. The first-order chi connectivity index (χ1) is 14.1. The number of nitrogens with two attached hydrogens (primary N) is 1. The molecule has 2 aromatic rings. The molecule has 0 amide bonds. The van der Waals surface area contributed by atoms with Crippen LogP contribution in [0.15, 0.2) is 29.2 Å². The van der Waals surface area contributed by atoms with Crippen molar-refractivity contribution in [3.05, 3.63) is 29.8 Å². The van der Waals surface area contributed by atoms with Crippen LogP contribution in [0.5, 0.6) is 11.8 Å². The van der Waals surface area contributed by atoms with Crippen LogP contribution in [0.25, 0.3) is 11.4 Å². The number of benzene rings is 1. The monoisotopic (exact) mass is 473 g/mol. The van der Waals surface area contributed by atoms with E-state index in [1.165, 1.54) is 12.1 Å². The van der Waals surface area contributed by atoms with Gasteiger partial charge >= 0.3 is 12.4 Å². The highest BCUT2D eigenvalue weighted by Gasteiger charge is 2.35. The zero-order chi connectivity index (χ0) is 23.6. The molecule has 0 unspecified atom stereocenters. The molecule has 1 aromatic heterocycles. The fraction of sp³-hybridized carbons (Fsp3) is 0.412. The predicted molar refractivity (Wildman–Crippen MR) is 96.0 cm³/mol. The summed E-state index contributed by atoms with van der Waals surface area (Å²) in [6.45, 7) is -0.257. The second-order valence-electron chi connectivity index (χ2n) is 6.62. The van der Waals surface area contributed by atoms with Gasteiger partial charge in [0.25, 0.3) is 0 Å². The highest BCUT2D eigenvalue weighted by molar-refractivity contribution is 7.89. The van der Waals surface area contributed by atoms with Crippen LogP contribution in [0, 0.1) is 0 Å². The van der Waals surface area contributed by atoms with Gasteiger partial charge in [0, 0.05) is 5.56 Å². The Morgan fingerprint density at radius 2 is 1.45 bits per heavy atom. The summed E-state index contributed by atoms with van der Waals surface area (Å²) in [5.74, 6) is -2.76. The van der Waals surface area contributed by atoms with Crippen molar-refractivity contribution in [2.24, 2.45) is 5.14 Å². The number of ether oxygens (including phenoxy) is 2. The van der Waals surface area contributed by atoms with Gasteiger partial charge in [-0.2, -0.15) is 36.3 Å². The van der Waals surface area contributed by atoms with Gasteiger partial charge in [-0.25, -0.2) is 13.6 Å². The highest BCUT2D eigenvalue weighted by Crippen LogP contribution is 2.34. The van der Waals surface area contributed by atoms with Crippen LogP contribution in [-0.2, 0) is 10.0 Å². The molecular weight excluding hydrogens is 456 g/mol. The molecule has 0 spiro atoms. The molecule has 0 aliphatic carbocycles. The molecule has 31 heavy (non-hydrogen) atoms. The SMILES string of the molecule is CC(C)c1cccc(-c2nc(OCC(F)(F)F)c(S(N)(=O)=O)c(OCC(F)(F)F)n2)c1. The molecule has 7 nitrogen and oxygen atoms in total. The second-order valence-corrected chi connectivity index (χ2v) is 8.12. The van der Waals surface area contributed by atoms with Crippen LogP contribution < -0.4 is 14.6 Å². The zero-order valence-corrected chi connectivity index (χ0v) is 16.9. The Kier molecular flexibility index (Phi) is 7.05.